The second-order valence-electron chi connectivity index (χ2n) is 6.70. The highest BCUT2D eigenvalue weighted by Crippen LogP contribution is 2.51. The second kappa shape index (κ2) is 5.59. The van der Waals surface area contributed by atoms with Crippen LogP contribution in [0.15, 0.2) is 40.9 Å². The summed E-state index contributed by atoms with van der Waals surface area (Å²) in [6.45, 7) is 0.595. The van der Waals surface area contributed by atoms with Gasteiger partial charge in [0.15, 0.2) is 0 Å². The van der Waals surface area contributed by atoms with E-state index >= 15 is 0 Å². The Morgan fingerprint density at radius 3 is 2.62 bits per heavy atom. The molecule has 1 aliphatic carbocycles. The molecule has 3 nitrogen and oxygen atoms in total. The Balaban J connectivity index is 1.78. The number of halogens is 2. The van der Waals surface area contributed by atoms with Gasteiger partial charge in [-0.1, -0.05) is 28.8 Å². The van der Waals surface area contributed by atoms with Gasteiger partial charge in [-0.3, -0.25) is 4.79 Å². The summed E-state index contributed by atoms with van der Waals surface area (Å²) in [6, 6.07) is 9.63. The van der Waals surface area contributed by atoms with Gasteiger partial charge in [-0.05, 0) is 48.7 Å². The van der Waals surface area contributed by atoms with Crippen molar-refractivity contribution in [2.45, 2.75) is 31.1 Å². The minimum atomic E-state index is -0.689. The summed E-state index contributed by atoms with van der Waals surface area (Å²) in [5, 5.41) is 9.37. The lowest BCUT2D eigenvalue weighted by Crippen LogP contribution is -2.35. The number of phenols is 1. The van der Waals surface area contributed by atoms with Crippen LogP contribution in [0.3, 0.4) is 0 Å². The maximum atomic E-state index is 14.1. The molecule has 0 bridgehead atoms. The van der Waals surface area contributed by atoms with E-state index in [-0.39, 0.29) is 22.6 Å². The van der Waals surface area contributed by atoms with Crippen LogP contribution in [0.25, 0.3) is 0 Å². The van der Waals surface area contributed by atoms with Crippen molar-refractivity contribution in [1.29, 1.82) is 0 Å². The van der Waals surface area contributed by atoms with Crippen LogP contribution in [0.5, 0.6) is 5.75 Å². The normalized spacial score (nSPS) is 18.2. The zero-order chi connectivity index (χ0) is 16.9. The predicted molar refractivity (Wildman–Crippen MR) is 94.0 cm³/mol. The number of hydrogen-bond acceptors (Lipinski definition) is 2. The van der Waals surface area contributed by atoms with E-state index in [1.54, 1.807) is 4.90 Å². The number of nitrogens with zero attached hydrogens (tertiary/aromatic N) is 1. The average molecular weight is 390 g/mol. The smallest absolute Gasteiger partial charge is 0.261 e. The van der Waals surface area contributed by atoms with Gasteiger partial charge in [-0.25, -0.2) is 4.39 Å². The first kappa shape index (κ1) is 15.6. The standard InChI is InChI=1S/C19H17BrFNO2/c20-12-3-6-17-15(9-12)19(7-1-2-8-19)11-22(17)18(24)14-5-4-13(23)10-16(14)21/h3-6,9-10,23H,1-2,7-8,11H2. The van der Waals surface area contributed by atoms with Gasteiger partial charge in [0.05, 0.1) is 5.56 Å². The quantitative estimate of drug-likeness (QED) is 0.763. The number of amides is 1. The van der Waals surface area contributed by atoms with Crippen molar-refractivity contribution < 1.29 is 14.3 Å². The van der Waals surface area contributed by atoms with Crippen molar-refractivity contribution >= 4 is 27.5 Å². The molecule has 0 aromatic heterocycles. The largest absolute Gasteiger partial charge is 0.508 e. The Hall–Kier alpha value is -1.88. The highest BCUT2D eigenvalue weighted by molar-refractivity contribution is 9.10. The SMILES string of the molecule is O=C(c1ccc(O)cc1F)N1CC2(CCCC2)c2cc(Br)ccc21. The highest BCUT2D eigenvalue weighted by atomic mass is 79.9. The molecule has 1 fully saturated rings. The summed E-state index contributed by atoms with van der Waals surface area (Å²) >= 11 is 3.53. The van der Waals surface area contributed by atoms with Gasteiger partial charge in [0.25, 0.3) is 5.91 Å². The molecule has 5 heteroatoms. The van der Waals surface area contributed by atoms with Gasteiger partial charge in [0, 0.05) is 28.2 Å². The summed E-state index contributed by atoms with van der Waals surface area (Å²) in [5.74, 6) is -1.21. The molecule has 2 aliphatic rings. The molecule has 4 rings (SSSR count). The molecule has 2 aromatic rings. The highest BCUT2D eigenvalue weighted by Gasteiger charge is 2.46. The third-order valence-electron chi connectivity index (χ3n) is 5.27. The number of phenolic OH excluding ortho intramolecular Hbond substituents is 1. The van der Waals surface area contributed by atoms with Crippen LogP contribution in [0.4, 0.5) is 10.1 Å². The number of fused-ring (bicyclic) bond motifs is 2. The van der Waals surface area contributed by atoms with Crippen molar-refractivity contribution in [3.8, 4) is 5.75 Å². The molecule has 1 spiro atoms. The van der Waals surface area contributed by atoms with Gasteiger partial charge >= 0.3 is 0 Å². The topological polar surface area (TPSA) is 40.5 Å². The predicted octanol–water partition coefficient (Wildman–Crippen LogP) is 4.77. The molecule has 1 amide bonds. The molecule has 1 aliphatic heterocycles. The Morgan fingerprint density at radius 1 is 1.17 bits per heavy atom. The van der Waals surface area contributed by atoms with Crippen LogP contribution in [0.1, 0.15) is 41.6 Å². The molecule has 0 saturated heterocycles. The van der Waals surface area contributed by atoms with Crippen LogP contribution < -0.4 is 4.90 Å². The number of carbonyl (C=O) groups excluding carboxylic acids is 1. The monoisotopic (exact) mass is 389 g/mol. The summed E-state index contributed by atoms with van der Waals surface area (Å²) in [7, 11) is 0. The molecule has 0 radical (unpaired) electrons. The Morgan fingerprint density at radius 2 is 1.92 bits per heavy atom. The number of carbonyl (C=O) groups is 1. The van der Waals surface area contributed by atoms with Crippen LogP contribution in [-0.4, -0.2) is 17.6 Å². The van der Waals surface area contributed by atoms with Crippen LogP contribution in [0, 0.1) is 5.82 Å². The molecular formula is C19H17BrFNO2. The Labute approximate surface area is 148 Å². The molecule has 1 N–H and O–H groups in total. The number of benzene rings is 2. The first-order chi connectivity index (χ1) is 11.5. The number of aromatic hydroxyl groups is 1. The summed E-state index contributed by atoms with van der Waals surface area (Å²) in [6.07, 6.45) is 4.42. The van der Waals surface area contributed by atoms with Gasteiger partial charge in [0.2, 0.25) is 0 Å². The van der Waals surface area contributed by atoms with Gasteiger partial charge in [-0.15, -0.1) is 0 Å². The van der Waals surface area contributed by atoms with E-state index in [0.717, 1.165) is 41.9 Å². The van der Waals surface area contributed by atoms with E-state index in [0.29, 0.717) is 6.54 Å². The van der Waals surface area contributed by atoms with E-state index in [1.807, 2.05) is 12.1 Å². The van der Waals surface area contributed by atoms with Gasteiger partial charge in [0.1, 0.15) is 11.6 Å². The number of hydrogen-bond donors (Lipinski definition) is 1. The Kier molecular flexibility index (Phi) is 3.64. The van der Waals surface area contributed by atoms with Crippen molar-refractivity contribution in [2.24, 2.45) is 0 Å². The molecule has 24 heavy (non-hydrogen) atoms. The van der Waals surface area contributed by atoms with E-state index < -0.39 is 5.82 Å². The fourth-order valence-electron chi connectivity index (χ4n) is 4.12. The van der Waals surface area contributed by atoms with E-state index in [4.69, 9.17) is 0 Å². The lowest BCUT2D eigenvalue weighted by atomic mass is 9.81. The maximum absolute atomic E-state index is 14.1. The molecule has 1 heterocycles. The molecule has 2 aromatic carbocycles. The molecule has 0 unspecified atom stereocenters. The summed E-state index contributed by atoms with van der Waals surface area (Å²) < 4.78 is 15.1. The zero-order valence-electron chi connectivity index (χ0n) is 13.1. The minimum Gasteiger partial charge on any atom is -0.508 e. The van der Waals surface area contributed by atoms with Crippen molar-refractivity contribution in [1.82, 2.24) is 0 Å². The fraction of sp³-hybridized carbons (Fsp3) is 0.316. The van der Waals surface area contributed by atoms with Gasteiger partial charge in [-0.2, -0.15) is 0 Å². The first-order valence-corrected chi connectivity index (χ1v) is 8.90. The summed E-state index contributed by atoms with van der Waals surface area (Å²) in [4.78, 5) is 14.7. The minimum absolute atomic E-state index is 0.00304. The molecular weight excluding hydrogens is 373 g/mol. The lowest BCUT2D eigenvalue weighted by Gasteiger charge is -2.25. The molecule has 1 saturated carbocycles. The summed E-state index contributed by atoms with van der Waals surface area (Å²) in [5.41, 5.74) is 2.04. The van der Waals surface area contributed by atoms with E-state index in [1.165, 1.54) is 17.7 Å². The number of rotatable bonds is 1. The maximum Gasteiger partial charge on any atom is 0.261 e. The van der Waals surface area contributed by atoms with Gasteiger partial charge < -0.3 is 10.0 Å². The van der Waals surface area contributed by atoms with Crippen molar-refractivity contribution in [3.63, 3.8) is 0 Å². The van der Waals surface area contributed by atoms with Crippen molar-refractivity contribution in [3.05, 3.63) is 57.8 Å². The average Bonchev–Trinajstić information content (AvgIpc) is 3.13. The third kappa shape index (κ3) is 2.34. The number of anilines is 1. The molecule has 124 valence electrons. The van der Waals surface area contributed by atoms with Crippen LogP contribution in [0.2, 0.25) is 0 Å². The first-order valence-electron chi connectivity index (χ1n) is 8.11. The van der Waals surface area contributed by atoms with Crippen molar-refractivity contribution in [2.75, 3.05) is 11.4 Å². The van der Waals surface area contributed by atoms with E-state index in [2.05, 4.69) is 22.0 Å². The fourth-order valence-corrected chi connectivity index (χ4v) is 4.49. The lowest BCUT2D eigenvalue weighted by molar-refractivity contribution is 0.0981. The zero-order valence-corrected chi connectivity index (χ0v) is 14.6. The van der Waals surface area contributed by atoms with Crippen LogP contribution in [-0.2, 0) is 5.41 Å². The third-order valence-corrected chi connectivity index (χ3v) is 5.76. The molecule has 0 atom stereocenters. The second-order valence-corrected chi connectivity index (χ2v) is 7.62. The van der Waals surface area contributed by atoms with E-state index in [9.17, 15) is 14.3 Å². The van der Waals surface area contributed by atoms with Crippen LogP contribution >= 0.6 is 15.9 Å². The Bertz CT molecular complexity index is 830.